The van der Waals surface area contributed by atoms with Crippen molar-refractivity contribution in [2.24, 2.45) is 51.0 Å². The molecule has 34 nitrogen and oxygen atoms in total. The molecule has 13 amide bonds. The standard InChI is InChI=1S/C63H98N18O13S.C2H4O2.H2O/c1-37(2)33-45(57(89)74-41(53(68)85)27-32-95-3)73-52(84)36-72-54(86)46(34-38-15-6-4-7-16-38)78-58(90)47(35-39-17-8-5-9-18-39)79-56(88)42(23-25-50(66)82)75-55(87)43(24-26-51(67)83)76-59(91)49-22-14-31-81(49)62(94)44(20-10-11-28-64)77-60(92)48-21-13-30-80(48)61(93)40(65)19-12-29-71-63(69)70;1-2(3)4;/h4-9,15-18,37,40-49H,10-14,19-36,64-65H2,1-3H3,(H2,66,82)(H2,67,83)(H2,68,85)(H,72,86)(H,73,84)(H,74,89)(H,75,87)(H,76,91)(H,77,92)(H,78,90)(H,79,88)(H4,69,70,71);1H3,(H,3,4);1H2/t40-,41-,42-,43-,44-,45-,46+,47-,48-,49-;;/m0../s1. The van der Waals surface area contributed by atoms with E-state index >= 15 is 0 Å². The largest absolute Gasteiger partial charge is 0.481 e. The summed E-state index contributed by atoms with van der Waals surface area (Å²) in [4.78, 5) is 194. The van der Waals surface area contributed by atoms with Crippen LogP contribution in [0.5, 0.6) is 0 Å². The van der Waals surface area contributed by atoms with Gasteiger partial charge in [0.05, 0.1) is 12.6 Å². The Morgan fingerprint density at radius 1 is 0.560 bits per heavy atom. The van der Waals surface area contributed by atoms with Crippen LogP contribution in [0.2, 0.25) is 0 Å². The first-order valence-corrected chi connectivity index (χ1v) is 34.5. The van der Waals surface area contributed by atoms with Gasteiger partial charge in [0.1, 0.15) is 54.4 Å². The van der Waals surface area contributed by atoms with Gasteiger partial charge >= 0.3 is 0 Å². The van der Waals surface area contributed by atoms with E-state index in [4.69, 9.17) is 50.0 Å². The van der Waals surface area contributed by atoms with E-state index in [1.54, 1.807) is 60.7 Å². The minimum atomic E-state index is -1.64. The van der Waals surface area contributed by atoms with Crippen molar-refractivity contribution in [3.63, 3.8) is 0 Å². The number of likely N-dealkylation sites (tertiary alicyclic amines) is 2. The van der Waals surface area contributed by atoms with Crippen LogP contribution in [0.1, 0.15) is 128 Å². The number of nitrogens with two attached hydrogens (primary N) is 7. The molecule has 2 aromatic carbocycles. The zero-order valence-electron chi connectivity index (χ0n) is 57.3. The normalized spacial score (nSPS) is 16.2. The molecule has 0 aromatic heterocycles. The molecule has 2 aromatic rings. The first kappa shape index (κ1) is 86.6. The lowest BCUT2D eigenvalue weighted by Crippen LogP contribution is -2.60. The van der Waals surface area contributed by atoms with E-state index in [1.807, 2.05) is 20.1 Å². The molecule has 0 bridgehead atoms. The highest BCUT2D eigenvalue weighted by Crippen LogP contribution is 2.24. The van der Waals surface area contributed by atoms with Gasteiger partial charge in [-0.15, -0.1) is 0 Å². The number of thioether (sulfide) groups is 1. The molecule has 0 aliphatic carbocycles. The summed E-state index contributed by atoms with van der Waals surface area (Å²) < 4.78 is 0. The summed E-state index contributed by atoms with van der Waals surface area (Å²) >= 11 is 1.45. The van der Waals surface area contributed by atoms with E-state index in [2.05, 4.69) is 47.5 Å². The highest BCUT2D eigenvalue weighted by atomic mass is 32.2. The molecular weight excluding hydrogens is 1320 g/mol. The summed E-state index contributed by atoms with van der Waals surface area (Å²) in [5.74, 6) is -10.6. The Bertz CT molecular complexity index is 3070. The van der Waals surface area contributed by atoms with Gasteiger partial charge in [-0.25, -0.2) is 0 Å². The number of aliphatic imine (C=N–C) groups is 1. The van der Waals surface area contributed by atoms with Crippen LogP contribution in [0.25, 0.3) is 0 Å². The van der Waals surface area contributed by atoms with E-state index in [0.29, 0.717) is 55.4 Å². The molecule has 2 heterocycles. The summed E-state index contributed by atoms with van der Waals surface area (Å²) in [6.07, 6.45) is 3.12. The van der Waals surface area contributed by atoms with Crippen LogP contribution < -0.4 is 82.7 Å². The monoisotopic (exact) mass is 1420 g/mol. The maximum Gasteiger partial charge on any atom is 0.300 e. The van der Waals surface area contributed by atoms with E-state index in [0.717, 1.165) is 6.92 Å². The van der Waals surface area contributed by atoms with Crippen LogP contribution in [0.15, 0.2) is 65.7 Å². The highest BCUT2D eigenvalue weighted by molar-refractivity contribution is 7.98. The molecular formula is C65H104N18O16S. The zero-order valence-corrected chi connectivity index (χ0v) is 58.2. The average molecular weight is 1430 g/mol. The third kappa shape index (κ3) is 32.0. The smallest absolute Gasteiger partial charge is 0.300 e. The minimum absolute atomic E-state index is 0. The maximum absolute atomic E-state index is 14.7. The van der Waals surface area contributed by atoms with E-state index in [1.165, 1.54) is 21.6 Å². The van der Waals surface area contributed by atoms with E-state index in [9.17, 15) is 62.3 Å². The van der Waals surface area contributed by atoms with Gasteiger partial charge < -0.3 is 103 Å². The Balaban J connectivity index is 0.00000661. The Morgan fingerprint density at radius 3 is 1.48 bits per heavy atom. The molecule has 100 heavy (non-hydrogen) atoms. The number of nitrogens with one attached hydrogen (secondary N) is 8. The van der Waals surface area contributed by atoms with Gasteiger partial charge in [-0.05, 0) is 119 Å². The molecule has 0 spiro atoms. The number of hydrogen-bond donors (Lipinski definition) is 16. The maximum atomic E-state index is 14.7. The predicted octanol–water partition coefficient (Wildman–Crippen LogP) is -4.44. The van der Waals surface area contributed by atoms with Crippen molar-refractivity contribution in [2.45, 2.75) is 190 Å². The lowest BCUT2D eigenvalue weighted by molar-refractivity contribution is -0.144. The molecule has 25 N–H and O–H groups in total. The van der Waals surface area contributed by atoms with Gasteiger partial charge in [0.25, 0.3) is 5.97 Å². The summed E-state index contributed by atoms with van der Waals surface area (Å²) in [6, 6.07) is 4.51. The minimum Gasteiger partial charge on any atom is -0.481 e. The molecule has 4 rings (SSSR count). The van der Waals surface area contributed by atoms with Crippen molar-refractivity contribution >= 4 is 100 Å². The number of carbonyl (C=O) groups is 14. The summed E-state index contributed by atoms with van der Waals surface area (Å²) in [5.41, 5.74) is 40.6. The number of amides is 13. The van der Waals surface area contributed by atoms with Crippen LogP contribution in [0.3, 0.4) is 0 Å². The molecule has 0 saturated carbocycles. The average Bonchev–Trinajstić information content (AvgIpc) is 1.64. The summed E-state index contributed by atoms with van der Waals surface area (Å²) in [7, 11) is 0. The molecule has 0 unspecified atom stereocenters. The Kier molecular flexibility index (Phi) is 39.8. The second-order valence-corrected chi connectivity index (χ2v) is 25.6. The number of aliphatic carboxylic acids is 1. The van der Waals surface area contributed by atoms with Gasteiger partial charge in [0, 0.05) is 52.2 Å². The number of rotatable bonds is 42. The fraction of sp³-hybridized carbons (Fsp3) is 0.585. The number of primary amides is 3. The van der Waals surface area contributed by atoms with Crippen molar-refractivity contribution in [1.82, 2.24) is 52.3 Å². The number of guanidine groups is 1. The van der Waals surface area contributed by atoms with Crippen molar-refractivity contribution in [3.05, 3.63) is 71.8 Å². The number of hydrogen-bond acceptors (Lipinski definition) is 18. The highest BCUT2D eigenvalue weighted by Gasteiger charge is 2.42. The summed E-state index contributed by atoms with van der Waals surface area (Å²) in [5, 5.41) is 28.5. The Morgan fingerprint density at radius 2 is 1.01 bits per heavy atom. The second-order valence-electron chi connectivity index (χ2n) is 24.6. The number of unbranched alkanes of at least 4 members (excludes halogenated alkanes) is 1. The number of carboxylic acids is 1. The zero-order chi connectivity index (χ0) is 73.7. The third-order valence-electron chi connectivity index (χ3n) is 16.0. The van der Waals surface area contributed by atoms with Crippen LogP contribution in [-0.4, -0.2) is 214 Å². The van der Waals surface area contributed by atoms with Crippen LogP contribution in [0, 0.1) is 5.92 Å². The van der Waals surface area contributed by atoms with Crippen molar-refractivity contribution < 1.29 is 77.7 Å². The first-order valence-electron chi connectivity index (χ1n) is 33.1. The van der Waals surface area contributed by atoms with Crippen LogP contribution in [-0.2, 0) is 80.0 Å². The van der Waals surface area contributed by atoms with Crippen molar-refractivity contribution in [2.75, 3.05) is 44.7 Å². The van der Waals surface area contributed by atoms with Crippen LogP contribution >= 0.6 is 11.8 Å². The molecule has 35 heteroatoms. The third-order valence-corrected chi connectivity index (χ3v) is 16.7. The van der Waals surface area contributed by atoms with Crippen molar-refractivity contribution in [3.8, 4) is 0 Å². The Labute approximate surface area is 586 Å². The van der Waals surface area contributed by atoms with E-state index < -0.39 is 175 Å². The summed E-state index contributed by atoms with van der Waals surface area (Å²) in [6.45, 7) is 4.95. The van der Waals surface area contributed by atoms with Gasteiger partial charge in [0.2, 0.25) is 76.8 Å². The SMILES string of the molecule is CC(=O)O.CSCC[C@H](NC(=O)[C@H](CC(C)C)NC(=O)CNC(=O)[C@@H](Cc1ccccc1)NC(=O)[C@H](Cc1ccccc1)NC(=O)[C@H](CCC(N)=O)NC(=O)[C@H](CCC(N)=O)NC(=O)[C@@H]1CCCN1C(=O)[C@H](CCCCN)NC(=O)[C@@H]1CCCN1C(=O)[C@@H](N)CCCN=C(N)N)C(N)=O.O. The Hall–Kier alpha value is -9.48. The fourth-order valence-corrected chi connectivity index (χ4v) is 11.5. The number of carboxylic acid groups (broad SMARTS) is 1. The molecule has 2 aliphatic heterocycles. The van der Waals surface area contributed by atoms with Crippen LogP contribution in [0.4, 0.5) is 0 Å². The predicted molar refractivity (Wildman–Crippen MR) is 373 cm³/mol. The van der Waals surface area contributed by atoms with Gasteiger partial charge in [-0.3, -0.25) is 72.1 Å². The molecule has 10 atom stereocenters. The lowest BCUT2D eigenvalue weighted by Gasteiger charge is -2.32. The molecule has 2 fully saturated rings. The van der Waals surface area contributed by atoms with Gasteiger partial charge in [-0.1, -0.05) is 74.5 Å². The molecule has 2 aliphatic rings. The topological polar surface area (TPSA) is 588 Å². The number of benzene rings is 2. The first-order chi connectivity index (χ1) is 47.0. The number of nitrogens with zero attached hydrogens (tertiary/aromatic N) is 3. The van der Waals surface area contributed by atoms with Crippen molar-refractivity contribution in [1.29, 1.82) is 0 Å². The van der Waals surface area contributed by atoms with E-state index in [-0.39, 0.29) is 88.5 Å². The molecule has 556 valence electrons. The molecule has 2 saturated heterocycles. The molecule has 0 radical (unpaired) electrons. The second kappa shape index (κ2) is 46.0. The fourth-order valence-electron chi connectivity index (χ4n) is 11.0. The van der Waals surface area contributed by atoms with Gasteiger partial charge in [-0.2, -0.15) is 11.8 Å². The lowest BCUT2D eigenvalue weighted by atomic mass is 10.0. The number of carbonyl (C=O) groups excluding carboxylic acids is 13. The quantitative estimate of drug-likeness (QED) is 0.0169. The van der Waals surface area contributed by atoms with Gasteiger partial charge in [0.15, 0.2) is 5.96 Å².